The van der Waals surface area contributed by atoms with E-state index in [9.17, 15) is 0 Å². The average Bonchev–Trinajstić information content (AvgIpc) is 2.47. The van der Waals surface area contributed by atoms with Crippen LogP contribution in [0.4, 0.5) is 0 Å². The van der Waals surface area contributed by atoms with Crippen LogP contribution in [0.25, 0.3) is 0 Å². The molecule has 5 heteroatoms. The Labute approximate surface area is 127 Å². The van der Waals surface area contributed by atoms with E-state index in [0.29, 0.717) is 13.2 Å². The summed E-state index contributed by atoms with van der Waals surface area (Å²) in [5.41, 5.74) is 1.16. The molecule has 2 N–H and O–H groups in total. The van der Waals surface area contributed by atoms with Crippen LogP contribution in [0.3, 0.4) is 0 Å². The highest BCUT2D eigenvalue weighted by Crippen LogP contribution is 2.15. The third-order valence-corrected chi connectivity index (χ3v) is 2.99. The lowest BCUT2D eigenvalue weighted by molar-refractivity contribution is 0.179. The maximum Gasteiger partial charge on any atom is 0.191 e. The molecule has 1 aromatic carbocycles. The molecule has 0 aliphatic heterocycles. The molecular weight excluding hydrogens is 266 g/mol. The second-order valence-corrected chi connectivity index (χ2v) is 4.97. The molecule has 5 nitrogen and oxygen atoms in total. The first-order chi connectivity index (χ1) is 10.2. The van der Waals surface area contributed by atoms with Crippen molar-refractivity contribution >= 4 is 5.96 Å². The van der Waals surface area contributed by atoms with Crippen LogP contribution in [0.15, 0.2) is 29.3 Å². The molecule has 0 saturated carbocycles. The van der Waals surface area contributed by atoms with E-state index < -0.39 is 0 Å². The van der Waals surface area contributed by atoms with E-state index in [0.717, 1.165) is 30.2 Å². The highest BCUT2D eigenvalue weighted by Gasteiger charge is 2.04. The number of guanidine groups is 1. The first-order valence-corrected chi connectivity index (χ1v) is 7.32. The number of methoxy groups -OCH3 is 1. The molecule has 1 aromatic rings. The molecule has 0 heterocycles. The summed E-state index contributed by atoms with van der Waals surface area (Å²) < 4.78 is 10.8. The van der Waals surface area contributed by atoms with Crippen molar-refractivity contribution in [3.63, 3.8) is 0 Å². The van der Waals surface area contributed by atoms with Crippen LogP contribution in [-0.4, -0.2) is 45.9 Å². The highest BCUT2D eigenvalue weighted by atomic mass is 16.5. The zero-order chi connectivity index (χ0) is 15.5. The molecule has 0 bridgehead atoms. The number of aliphatic imine (C=N–C) groups is 1. The lowest BCUT2D eigenvalue weighted by atomic mass is 10.2. The second-order valence-electron chi connectivity index (χ2n) is 4.97. The van der Waals surface area contributed by atoms with E-state index >= 15 is 0 Å². The summed E-state index contributed by atoms with van der Waals surface area (Å²) in [6.07, 6.45) is 0.910. The van der Waals surface area contributed by atoms with Crippen molar-refractivity contribution in [1.29, 1.82) is 0 Å². The normalized spacial score (nSPS) is 12.9. The third-order valence-electron chi connectivity index (χ3n) is 2.99. The minimum atomic E-state index is 0.226. The molecule has 0 aliphatic rings. The molecule has 0 spiro atoms. The fourth-order valence-electron chi connectivity index (χ4n) is 1.90. The van der Waals surface area contributed by atoms with Gasteiger partial charge in [-0.05, 0) is 31.9 Å². The van der Waals surface area contributed by atoms with Crippen LogP contribution < -0.4 is 15.4 Å². The van der Waals surface area contributed by atoms with Crippen molar-refractivity contribution in [1.82, 2.24) is 10.6 Å². The van der Waals surface area contributed by atoms with Crippen molar-refractivity contribution in [3.8, 4) is 5.75 Å². The molecule has 1 unspecified atom stereocenters. The number of hydrogen-bond acceptors (Lipinski definition) is 3. The van der Waals surface area contributed by atoms with Crippen LogP contribution in [0.1, 0.15) is 18.9 Å². The summed E-state index contributed by atoms with van der Waals surface area (Å²) >= 11 is 0. The van der Waals surface area contributed by atoms with Crippen LogP contribution in [-0.2, 0) is 4.74 Å². The van der Waals surface area contributed by atoms with Crippen molar-refractivity contribution in [2.45, 2.75) is 26.3 Å². The minimum absolute atomic E-state index is 0.226. The van der Waals surface area contributed by atoms with Crippen molar-refractivity contribution < 1.29 is 9.47 Å². The van der Waals surface area contributed by atoms with Gasteiger partial charge in [0.2, 0.25) is 0 Å². The van der Waals surface area contributed by atoms with Gasteiger partial charge in [-0.25, -0.2) is 0 Å². The van der Waals surface area contributed by atoms with Gasteiger partial charge < -0.3 is 20.1 Å². The van der Waals surface area contributed by atoms with Crippen molar-refractivity contribution in [2.24, 2.45) is 4.99 Å². The number of para-hydroxylation sites is 1. The Balaban J connectivity index is 2.19. The summed E-state index contributed by atoms with van der Waals surface area (Å²) in [5, 5.41) is 6.52. The van der Waals surface area contributed by atoms with Crippen LogP contribution >= 0.6 is 0 Å². The van der Waals surface area contributed by atoms with Gasteiger partial charge in [-0.15, -0.1) is 0 Å². The number of rotatable bonds is 8. The molecule has 0 aliphatic carbocycles. The molecule has 0 aromatic heterocycles. The largest absolute Gasteiger partial charge is 0.493 e. The molecule has 0 amide bonds. The smallest absolute Gasteiger partial charge is 0.191 e. The van der Waals surface area contributed by atoms with Crippen LogP contribution in [0, 0.1) is 6.92 Å². The molecule has 0 fully saturated rings. The molecule has 0 radical (unpaired) electrons. The molecular formula is C16H27N3O2. The van der Waals surface area contributed by atoms with Crippen LogP contribution in [0.5, 0.6) is 5.75 Å². The summed E-state index contributed by atoms with van der Waals surface area (Å²) in [6.45, 7) is 6.25. The highest BCUT2D eigenvalue weighted by molar-refractivity contribution is 5.79. The summed E-state index contributed by atoms with van der Waals surface area (Å²) in [4.78, 5) is 4.18. The number of aryl methyl sites for hydroxylation is 1. The monoisotopic (exact) mass is 293 g/mol. The fraction of sp³-hybridized carbons (Fsp3) is 0.562. The number of nitrogens with zero attached hydrogens (tertiary/aromatic N) is 1. The molecule has 118 valence electrons. The van der Waals surface area contributed by atoms with Gasteiger partial charge in [-0.2, -0.15) is 0 Å². The predicted molar refractivity (Wildman–Crippen MR) is 87.1 cm³/mol. The fourth-order valence-corrected chi connectivity index (χ4v) is 1.90. The Kier molecular flexibility index (Phi) is 8.28. The Hall–Kier alpha value is -1.75. The maximum absolute atomic E-state index is 5.75. The Morgan fingerprint density at radius 2 is 2.10 bits per heavy atom. The Morgan fingerprint density at radius 1 is 1.33 bits per heavy atom. The number of nitrogens with one attached hydrogen (secondary N) is 2. The topological polar surface area (TPSA) is 54.9 Å². The van der Waals surface area contributed by atoms with Gasteiger partial charge in [0.15, 0.2) is 5.96 Å². The quantitative estimate of drug-likeness (QED) is 0.437. The average molecular weight is 293 g/mol. The van der Waals surface area contributed by atoms with E-state index in [2.05, 4.69) is 35.5 Å². The first-order valence-electron chi connectivity index (χ1n) is 7.32. The van der Waals surface area contributed by atoms with Gasteiger partial charge in [-0.1, -0.05) is 18.2 Å². The lowest BCUT2D eigenvalue weighted by Crippen LogP contribution is -2.44. The zero-order valence-corrected chi connectivity index (χ0v) is 13.5. The van der Waals surface area contributed by atoms with E-state index in [-0.39, 0.29) is 6.04 Å². The van der Waals surface area contributed by atoms with E-state index in [1.54, 1.807) is 14.2 Å². The summed E-state index contributed by atoms with van der Waals surface area (Å²) in [5.74, 6) is 1.74. The zero-order valence-electron chi connectivity index (χ0n) is 13.5. The first kappa shape index (κ1) is 17.3. The second kappa shape index (κ2) is 10.0. The summed E-state index contributed by atoms with van der Waals surface area (Å²) in [7, 11) is 3.45. The van der Waals surface area contributed by atoms with Gasteiger partial charge in [0.05, 0.1) is 13.2 Å². The molecule has 1 rings (SSSR count). The standard InChI is InChI=1S/C16H27N3O2/c1-13-8-5-6-9-15(13)21-11-7-10-18-16(17-3)19-14(2)12-20-4/h5-6,8-9,14H,7,10-12H2,1-4H3,(H2,17,18,19). The van der Waals surface area contributed by atoms with E-state index in [1.165, 1.54) is 0 Å². The minimum Gasteiger partial charge on any atom is -0.493 e. The molecule has 1 atom stereocenters. The van der Waals surface area contributed by atoms with Gasteiger partial charge >= 0.3 is 0 Å². The van der Waals surface area contributed by atoms with Gasteiger partial charge in [0, 0.05) is 26.7 Å². The molecule has 0 saturated heterocycles. The maximum atomic E-state index is 5.75. The third kappa shape index (κ3) is 6.99. The Bertz CT molecular complexity index is 435. The van der Waals surface area contributed by atoms with Crippen LogP contribution in [0.2, 0.25) is 0 Å². The van der Waals surface area contributed by atoms with E-state index in [4.69, 9.17) is 9.47 Å². The van der Waals surface area contributed by atoms with E-state index in [1.807, 2.05) is 18.2 Å². The summed E-state index contributed by atoms with van der Waals surface area (Å²) in [6, 6.07) is 8.28. The number of hydrogen-bond donors (Lipinski definition) is 2. The van der Waals surface area contributed by atoms with Gasteiger partial charge in [0.25, 0.3) is 0 Å². The SMILES string of the molecule is CN=C(NCCCOc1ccccc1C)NC(C)COC. The lowest BCUT2D eigenvalue weighted by Gasteiger charge is -2.17. The number of benzene rings is 1. The molecule has 21 heavy (non-hydrogen) atoms. The Morgan fingerprint density at radius 3 is 2.76 bits per heavy atom. The number of ether oxygens (including phenoxy) is 2. The predicted octanol–water partition coefficient (Wildman–Crippen LogP) is 1.96. The van der Waals surface area contributed by atoms with Crippen molar-refractivity contribution in [2.75, 3.05) is 33.9 Å². The van der Waals surface area contributed by atoms with Gasteiger partial charge in [-0.3, -0.25) is 4.99 Å². The van der Waals surface area contributed by atoms with Crippen molar-refractivity contribution in [3.05, 3.63) is 29.8 Å². The van der Waals surface area contributed by atoms with Gasteiger partial charge in [0.1, 0.15) is 5.75 Å².